The van der Waals surface area contributed by atoms with Gasteiger partial charge < -0.3 is 10.4 Å². The van der Waals surface area contributed by atoms with Crippen LogP contribution in [0.4, 0.5) is 0 Å². The number of nitrogens with one attached hydrogen (secondary N) is 1. The highest BCUT2D eigenvalue weighted by molar-refractivity contribution is 6.30. The van der Waals surface area contributed by atoms with E-state index in [-0.39, 0.29) is 18.5 Å². The van der Waals surface area contributed by atoms with E-state index in [0.717, 1.165) is 18.4 Å². The van der Waals surface area contributed by atoms with E-state index < -0.39 is 6.10 Å². The average molecular weight is 299 g/mol. The van der Waals surface area contributed by atoms with E-state index in [2.05, 4.69) is 5.32 Å². The van der Waals surface area contributed by atoms with Gasteiger partial charge in [0.05, 0.1) is 12.1 Å². The molecule has 0 saturated heterocycles. The fourth-order valence-electron chi connectivity index (χ4n) is 2.02. The number of aliphatic hydroxyl groups is 1. The molecule has 1 aromatic carbocycles. The Labute approximate surface area is 125 Å². The van der Waals surface area contributed by atoms with Gasteiger partial charge in [-0.25, -0.2) is 0 Å². The summed E-state index contributed by atoms with van der Waals surface area (Å²) in [6, 6.07) is 6.81. The third-order valence-corrected chi connectivity index (χ3v) is 3.46. The maximum absolute atomic E-state index is 12.1. The Morgan fingerprint density at radius 3 is 2.45 bits per heavy atom. The number of halogens is 1. The maximum atomic E-state index is 12.1. The second kappa shape index (κ2) is 8.25. The fourth-order valence-corrected chi connectivity index (χ4v) is 2.14. The molecular formula is C15H23ClN2O2. The molecule has 0 heterocycles. The van der Waals surface area contributed by atoms with E-state index in [1.54, 1.807) is 24.3 Å². The first kappa shape index (κ1) is 17.0. The summed E-state index contributed by atoms with van der Waals surface area (Å²) in [5, 5.41) is 13.5. The summed E-state index contributed by atoms with van der Waals surface area (Å²) in [4.78, 5) is 14.0. The second-order valence-electron chi connectivity index (χ2n) is 5.08. The maximum Gasteiger partial charge on any atom is 0.237 e. The van der Waals surface area contributed by atoms with Crippen molar-refractivity contribution in [3.8, 4) is 0 Å². The van der Waals surface area contributed by atoms with Gasteiger partial charge in [-0.15, -0.1) is 0 Å². The van der Waals surface area contributed by atoms with E-state index in [1.165, 1.54) is 0 Å². The quantitative estimate of drug-likeness (QED) is 0.811. The number of carbonyl (C=O) groups is 1. The lowest BCUT2D eigenvalue weighted by Gasteiger charge is -2.23. The van der Waals surface area contributed by atoms with Gasteiger partial charge in [-0.05, 0) is 38.2 Å². The molecule has 1 amide bonds. The molecule has 0 fully saturated rings. The van der Waals surface area contributed by atoms with Crippen LogP contribution in [0.2, 0.25) is 5.02 Å². The first-order chi connectivity index (χ1) is 9.45. The summed E-state index contributed by atoms with van der Waals surface area (Å²) in [5.74, 6) is -0.0511. The minimum absolute atomic E-state index is 0.0511. The summed E-state index contributed by atoms with van der Waals surface area (Å²) in [7, 11) is 3.77. The predicted octanol–water partition coefficient (Wildman–Crippen LogP) is 2.22. The summed E-state index contributed by atoms with van der Waals surface area (Å²) >= 11 is 5.80. The molecule has 0 aliphatic heterocycles. The fraction of sp³-hybridized carbons (Fsp3) is 0.533. The van der Waals surface area contributed by atoms with Crippen LogP contribution in [0.3, 0.4) is 0 Å². The first-order valence-electron chi connectivity index (χ1n) is 6.83. The first-order valence-corrected chi connectivity index (χ1v) is 7.21. The number of amides is 1. The molecule has 4 nitrogen and oxygen atoms in total. The van der Waals surface area contributed by atoms with Crippen molar-refractivity contribution in [2.24, 2.45) is 0 Å². The number of hydrogen-bond acceptors (Lipinski definition) is 3. The molecule has 2 atom stereocenters. The number of benzene rings is 1. The van der Waals surface area contributed by atoms with Crippen molar-refractivity contribution in [3.63, 3.8) is 0 Å². The Balaban J connectivity index is 2.52. The molecule has 20 heavy (non-hydrogen) atoms. The van der Waals surface area contributed by atoms with Gasteiger partial charge in [-0.2, -0.15) is 0 Å². The van der Waals surface area contributed by atoms with Crippen LogP contribution >= 0.6 is 11.6 Å². The van der Waals surface area contributed by atoms with Gasteiger partial charge in [0, 0.05) is 11.6 Å². The predicted molar refractivity (Wildman–Crippen MR) is 81.8 cm³/mol. The Hall–Kier alpha value is -1.10. The highest BCUT2D eigenvalue weighted by atomic mass is 35.5. The van der Waals surface area contributed by atoms with Crippen molar-refractivity contribution >= 4 is 17.5 Å². The molecule has 0 spiro atoms. The normalized spacial score (nSPS) is 14.1. The number of hydrogen-bond donors (Lipinski definition) is 2. The van der Waals surface area contributed by atoms with Crippen LogP contribution in [-0.2, 0) is 4.79 Å². The van der Waals surface area contributed by atoms with Gasteiger partial charge in [-0.1, -0.05) is 37.1 Å². The van der Waals surface area contributed by atoms with Crippen LogP contribution in [0, 0.1) is 0 Å². The van der Waals surface area contributed by atoms with E-state index in [9.17, 15) is 9.90 Å². The van der Waals surface area contributed by atoms with Crippen molar-refractivity contribution in [1.82, 2.24) is 10.2 Å². The zero-order chi connectivity index (χ0) is 15.1. The van der Waals surface area contributed by atoms with E-state index in [0.29, 0.717) is 5.02 Å². The zero-order valence-electron chi connectivity index (χ0n) is 12.3. The van der Waals surface area contributed by atoms with Gasteiger partial charge in [-0.3, -0.25) is 9.69 Å². The largest absolute Gasteiger partial charge is 0.387 e. The Morgan fingerprint density at radius 1 is 1.35 bits per heavy atom. The van der Waals surface area contributed by atoms with E-state index in [1.807, 2.05) is 25.9 Å². The van der Waals surface area contributed by atoms with Crippen molar-refractivity contribution < 1.29 is 9.90 Å². The zero-order valence-corrected chi connectivity index (χ0v) is 13.0. The van der Waals surface area contributed by atoms with Gasteiger partial charge in [0.25, 0.3) is 0 Å². The van der Waals surface area contributed by atoms with Crippen LogP contribution in [0.1, 0.15) is 31.4 Å². The molecule has 5 heteroatoms. The lowest BCUT2D eigenvalue weighted by atomic mass is 10.1. The third-order valence-electron chi connectivity index (χ3n) is 3.21. The third kappa shape index (κ3) is 5.12. The number of rotatable bonds is 7. The molecule has 0 saturated carbocycles. The number of aliphatic hydroxyl groups excluding tert-OH is 1. The minimum atomic E-state index is -0.722. The van der Waals surface area contributed by atoms with E-state index in [4.69, 9.17) is 11.6 Å². The molecule has 2 unspecified atom stereocenters. The minimum Gasteiger partial charge on any atom is -0.387 e. The molecule has 1 rings (SSSR count). The highest BCUT2D eigenvalue weighted by Gasteiger charge is 2.20. The monoisotopic (exact) mass is 298 g/mol. The molecule has 0 aromatic heterocycles. The highest BCUT2D eigenvalue weighted by Crippen LogP contribution is 2.15. The summed E-state index contributed by atoms with van der Waals surface area (Å²) in [5.41, 5.74) is 0.742. The van der Waals surface area contributed by atoms with Crippen molar-refractivity contribution in [3.05, 3.63) is 34.9 Å². The van der Waals surface area contributed by atoms with Gasteiger partial charge in [0.1, 0.15) is 0 Å². The van der Waals surface area contributed by atoms with Crippen molar-refractivity contribution in [2.45, 2.75) is 31.9 Å². The average Bonchev–Trinajstić information content (AvgIpc) is 2.42. The summed E-state index contributed by atoms with van der Waals surface area (Å²) in [6.45, 7) is 2.25. The molecular weight excluding hydrogens is 276 g/mol. The van der Waals surface area contributed by atoms with Crippen molar-refractivity contribution in [1.29, 1.82) is 0 Å². The van der Waals surface area contributed by atoms with Crippen LogP contribution in [0.5, 0.6) is 0 Å². The van der Waals surface area contributed by atoms with Crippen molar-refractivity contribution in [2.75, 3.05) is 20.6 Å². The van der Waals surface area contributed by atoms with Crippen LogP contribution in [0.25, 0.3) is 0 Å². The second-order valence-corrected chi connectivity index (χ2v) is 5.52. The van der Waals surface area contributed by atoms with Crippen LogP contribution < -0.4 is 5.32 Å². The Kier molecular flexibility index (Phi) is 6.99. The molecule has 1 aromatic rings. The Morgan fingerprint density at radius 2 is 1.95 bits per heavy atom. The molecule has 112 valence electrons. The molecule has 0 bridgehead atoms. The summed E-state index contributed by atoms with van der Waals surface area (Å²) < 4.78 is 0. The lowest BCUT2D eigenvalue weighted by Crippen LogP contribution is -2.44. The molecule has 2 N–H and O–H groups in total. The van der Waals surface area contributed by atoms with Crippen LogP contribution in [0.15, 0.2) is 24.3 Å². The standard InChI is InChI=1S/C15H23ClN2O2/c1-4-5-13(18(2)3)15(20)17-10-14(19)11-6-8-12(16)9-7-11/h6-9,13-14,19H,4-5,10H2,1-3H3,(H,17,20). The molecule has 0 aliphatic rings. The molecule has 0 radical (unpaired) electrons. The molecule has 0 aliphatic carbocycles. The number of carbonyl (C=O) groups excluding carboxylic acids is 1. The SMILES string of the molecule is CCCC(C(=O)NCC(O)c1ccc(Cl)cc1)N(C)C. The van der Waals surface area contributed by atoms with Gasteiger partial charge in [0.15, 0.2) is 0 Å². The van der Waals surface area contributed by atoms with Crippen LogP contribution in [-0.4, -0.2) is 42.6 Å². The smallest absolute Gasteiger partial charge is 0.237 e. The number of nitrogens with zero attached hydrogens (tertiary/aromatic N) is 1. The van der Waals surface area contributed by atoms with Gasteiger partial charge >= 0.3 is 0 Å². The summed E-state index contributed by atoms with van der Waals surface area (Å²) in [6.07, 6.45) is 1.02. The van der Waals surface area contributed by atoms with E-state index >= 15 is 0 Å². The Bertz CT molecular complexity index is 420. The topological polar surface area (TPSA) is 52.6 Å². The lowest BCUT2D eigenvalue weighted by molar-refractivity contribution is -0.126. The van der Waals surface area contributed by atoms with Gasteiger partial charge in [0.2, 0.25) is 5.91 Å². The number of likely N-dealkylation sites (N-methyl/N-ethyl adjacent to an activating group) is 1.